The minimum Gasteiger partial charge on any atom is -0.341 e. The summed E-state index contributed by atoms with van der Waals surface area (Å²) >= 11 is 0. The van der Waals surface area contributed by atoms with Gasteiger partial charge in [-0.1, -0.05) is 30.4 Å². The lowest BCUT2D eigenvalue weighted by Gasteiger charge is -2.25. The molecule has 0 spiro atoms. The van der Waals surface area contributed by atoms with Crippen LogP contribution in [0.25, 0.3) is 0 Å². The van der Waals surface area contributed by atoms with Crippen molar-refractivity contribution in [2.75, 3.05) is 19.6 Å². The number of carbonyl (C=O) groups is 1. The highest BCUT2D eigenvalue weighted by molar-refractivity contribution is 7.89. The summed E-state index contributed by atoms with van der Waals surface area (Å²) < 4.78 is 40.2. The number of rotatable bonds is 4. The molecule has 0 bridgehead atoms. The van der Waals surface area contributed by atoms with E-state index in [4.69, 9.17) is 0 Å². The number of halogens is 1. The summed E-state index contributed by atoms with van der Waals surface area (Å²) in [7, 11) is -3.52. The Balaban J connectivity index is 1.60. The number of nitrogens with one attached hydrogen (secondary N) is 1. The SMILES string of the molecule is O=C(NCC#Cc1ccccc1F)c1ccc(S(=O)(=O)N2CCCCC2)cc1. The van der Waals surface area contributed by atoms with Crippen molar-refractivity contribution < 1.29 is 17.6 Å². The first kappa shape index (κ1) is 20.1. The Morgan fingerprint density at radius 2 is 1.71 bits per heavy atom. The molecule has 0 unspecified atom stereocenters. The highest BCUT2D eigenvalue weighted by Gasteiger charge is 2.25. The molecule has 1 aliphatic heterocycles. The molecule has 1 amide bonds. The molecule has 146 valence electrons. The van der Waals surface area contributed by atoms with Crippen LogP contribution in [0.1, 0.15) is 35.2 Å². The molecular formula is C21H21FN2O3S. The molecule has 0 atom stereocenters. The fraction of sp³-hybridized carbons (Fsp3) is 0.286. The summed E-state index contributed by atoms with van der Waals surface area (Å²) in [6.45, 7) is 1.12. The lowest BCUT2D eigenvalue weighted by Crippen LogP contribution is -2.35. The van der Waals surface area contributed by atoms with Crippen molar-refractivity contribution in [1.29, 1.82) is 0 Å². The maximum Gasteiger partial charge on any atom is 0.252 e. The fourth-order valence-electron chi connectivity index (χ4n) is 2.96. The molecule has 3 rings (SSSR count). The van der Waals surface area contributed by atoms with E-state index in [2.05, 4.69) is 17.2 Å². The van der Waals surface area contributed by atoms with Crippen LogP contribution in [-0.4, -0.2) is 38.3 Å². The van der Waals surface area contributed by atoms with Crippen molar-refractivity contribution >= 4 is 15.9 Å². The summed E-state index contributed by atoms with van der Waals surface area (Å²) in [6, 6.07) is 12.0. The van der Waals surface area contributed by atoms with Gasteiger partial charge in [0.1, 0.15) is 5.82 Å². The van der Waals surface area contributed by atoms with Crippen molar-refractivity contribution in [3.63, 3.8) is 0 Å². The lowest BCUT2D eigenvalue weighted by molar-refractivity contribution is 0.0958. The molecule has 1 fully saturated rings. The van der Waals surface area contributed by atoms with Crippen molar-refractivity contribution in [1.82, 2.24) is 9.62 Å². The molecule has 28 heavy (non-hydrogen) atoms. The predicted octanol–water partition coefficient (Wildman–Crippen LogP) is 2.78. The predicted molar refractivity (Wildman–Crippen MR) is 105 cm³/mol. The van der Waals surface area contributed by atoms with E-state index < -0.39 is 15.8 Å². The molecule has 0 radical (unpaired) electrons. The van der Waals surface area contributed by atoms with Crippen LogP contribution < -0.4 is 5.32 Å². The highest BCUT2D eigenvalue weighted by atomic mass is 32.2. The molecule has 1 heterocycles. The average molecular weight is 400 g/mol. The fourth-order valence-corrected chi connectivity index (χ4v) is 4.48. The van der Waals surface area contributed by atoms with E-state index in [1.54, 1.807) is 18.2 Å². The Morgan fingerprint density at radius 1 is 1.04 bits per heavy atom. The monoisotopic (exact) mass is 400 g/mol. The van der Waals surface area contributed by atoms with Crippen molar-refractivity contribution in [3.05, 3.63) is 65.5 Å². The summed E-state index contributed by atoms with van der Waals surface area (Å²) in [5.41, 5.74) is 0.606. The van der Waals surface area contributed by atoms with Gasteiger partial charge in [-0.05, 0) is 49.2 Å². The molecular weight excluding hydrogens is 379 g/mol. The third kappa shape index (κ3) is 4.77. The molecule has 0 aromatic heterocycles. The van der Waals surface area contributed by atoms with Crippen LogP contribution in [0.5, 0.6) is 0 Å². The first-order valence-electron chi connectivity index (χ1n) is 9.10. The number of sulfonamides is 1. The van der Waals surface area contributed by atoms with Crippen LogP contribution in [0.2, 0.25) is 0 Å². The third-order valence-corrected chi connectivity index (χ3v) is 6.42. The van der Waals surface area contributed by atoms with Gasteiger partial charge in [0.05, 0.1) is 17.0 Å². The molecule has 7 heteroatoms. The zero-order valence-electron chi connectivity index (χ0n) is 15.3. The molecule has 0 saturated carbocycles. The van der Waals surface area contributed by atoms with Crippen molar-refractivity contribution in [3.8, 4) is 11.8 Å². The number of benzene rings is 2. The van der Waals surface area contributed by atoms with Gasteiger partial charge in [0.25, 0.3) is 5.91 Å². The largest absolute Gasteiger partial charge is 0.341 e. The summed E-state index contributed by atoms with van der Waals surface area (Å²) in [4.78, 5) is 12.4. The van der Waals surface area contributed by atoms with Crippen LogP contribution in [0, 0.1) is 17.7 Å². The van der Waals surface area contributed by atoms with Gasteiger partial charge in [0.2, 0.25) is 10.0 Å². The highest BCUT2D eigenvalue weighted by Crippen LogP contribution is 2.20. The number of hydrogen-bond donors (Lipinski definition) is 1. The quantitative estimate of drug-likeness (QED) is 0.803. The summed E-state index contributed by atoms with van der Waals surface area (Å²) in [5, 5.41) is 2.62. The summed E-state index contributed by atoms with van der Waals surface area (Å²) in [5.74, 6) is 4.58. The Hall–Kier alpha value is -2.69. The molecule has 0 aliphatic carbocycles. The zero-order chi connectivity index (χ0) is 20.0. The van der Waals surface area contributed by atoms with Gasteiger partial charge in [0, 0.05) is 18.7 Å². The first-order valence-corrected chi connectivity index (χ1v) is 10.5. The van der Waals surface area contributed by atoms with Crippen LogP contribution in [0.4, 0.5) is 4.39 Å². The Morgan fingerprint density at radius 3 is 2.39 bits per heavy atom. The Bertz CT molecular complexity index is 1000. The van der Waals surface area contributed by atoms with Crippen LogP contribution in [0.3, 0.4) is 0 Å². The second-order valence-corrected chi connectivity index (χ2v) is 8.39. The van der Waals surface area contributed by atoms with Crippen LogP contribution in [0.15, 0.2) is 53.4 Å². The van der Waals surface area contributed by atoms with E-state index in [1.165, 1.54) is 34.6 Å². The number of nitrogens with zero attached hydrogens (tertiary/aromatic N) is 1. The minimum absolute atomic E-state index is 0.0565. The molecule has 2 aromatic carbocycles. The van der Waals surface area contributed by atoms with Crippen molar-refractivity contribution in [2.45, 2.75) is 24.2 Å². The number of amides is 1. The molecule has 1 aliphatic rings. The molecule has 1 N–H and O–H groups in total. The Kier molecular flexibility index (Phi) is 6.45. The van der Waals surface area contributed by atoms with E-state index in [0.717, 1.165) is 19.3 Å². The van der Waals surface area contributed by atoms with E-state index >= 15 is 0 Å². The number of carbonyl (C=O) groups excluding carboxylic acids is 1. The topological polar surface area (TPSA) is 66.5 Å². The van der Waals surface area contributed by atoms with Crippen molar-refractivity contribution in [2.24, 2.45) is 0 Å². The van der Waals surface area contributed by atoms with E-state index in [9.17, 15) is 17.6 Å². The van der Waals surface area contributed by atoms with Gasteiger partial charge in [-0.2, -0.15) is 4.31 Å². The summed E-state index contributed by atoms with van der Waals surface area (Å²) in [6.07, 6.45) is 2.78. The van der Waals surface area contributed by atoms with Gasteiger partial charge in [-0.3, -0.25) is 4.79 Å². The zero-order valence-corrected chi connectivity index (χ0v) is 16.1. The van der Waals surface area contributed by atoms with Gasteiger partial charge < -0.3 is 5.32 Å². The van der Waals surface area contributed by atoms with Crippen LogP contribution in [-0.2, 0) is 10.0 Å². The second-order valence-electron chi connectivity index (χ2n) is 6.45. The molecule has 2 aromatic rings. The van der Waals surface area contributed by atoms with E-state index in [0.29, 0.717) is 18.7 Å². The van der Waals surface area contributed by atoms with Gasteiger partial charge in [-0.15, -0.1) is 0 Å². The van der Waals surface area contributed by atoms with Gasteiger partial charge >= 0.3 is 0 Å². The van der Waals surface area contributed by atoms with E-state index in [1.807, 2.05) is 0 Å². The molecule has 5 nitrogen and oxygen atoms in total. The first-order chi connectivity index (χ1) is 13.5. The lowest BCUT2D eigenvalue weighted by atomic mass is 10.2. The molecule has 1 saturated heterocycles. The number of hydrogen-bond acceptors (Lipinski definition) is 3. The third-order valence-electron chi connectivity index (χ3n) is 4.50. The average Bonchev–Trinajstić information content (AvgIpc) is 2.73. The maximum atomic E-state index is 13.5. The Labute approximate surface area is 164 Å². The maximum absolute atomic E-state index is 13.5. The standard InChI is InChI=1S/C21H21FN2O3S/c22-20-9-3-2-7-17(20)8-6-14-23-21(25)18-10-12-19(13-11-18)28(26,27)24-15-4-1-5-16-24/h2-3,7,9-13H,1,4-5,14-16H2,(H,23,25). The second kappa shape index (κ2) is 9.00. The van der Waals surface area contributed by atoms with E-state index in [-0.39, 0.29) is 22.9 Å². The van der Waals surface area contributed by atoms with Crippen LogP contribution >= 0.6 is 0 Å². The number of piperidine rings is 1. The van der Waals surface area contributed by atoms with Gasteiger partial charge in [0.15, 0.2) is 0 Å². The smallest absolute Gasteiger partial charge is 0.252 e. The minimum atomic E-state index is -3.52. The van der Waals surface area contributed by atoms with Gasteiger partial charge in [-0.25, -0.2) is 12.8 Å². The normalized spacial score (nSPS) is 14.8.